The fraction of sp³-hybridized carbons (Fsp3) is 0.667. The molecule has 0 radical (unpaired) electrons. The smallest absolute Gasteiger partial charge is 0.260 e. The molecule has 1 aliphatic carbocycles. The van der Waals surface area contributed by atoms with Crippen LogP contribution >= 0.6 is 0 Å². The van der Waals surface area contributed by atoms with Crippen molar-refractivity contribution < 1.29 is 14.3 Å². The van der Waals surface area contributed by atoms with Crippen molar-refractivity contribution in [1.82, 2.24) is 9.80 Å². The number of hydrogen-bond acceptors (Lipinski definition) is 3. The lowest BCUT2D eigenvalue weighted by Gasteiger charge is -2.24. The van der Waals surface area contributed by atoms with Gasteiger partial charge in [0.2, 0.25) is 5.91 Å². The summed E-state index contributed by atoms with van der Waals surface area (Å²) in [6.45, 7) is 6.78. The Morgan fingerprint density at radius 3 is 2.31 bits per heavy atom. The normalized spacial score (nSPS) is 18.4. The van der Waals surface area contributed by atoms with Gasteiger partial charge in [0, 0.05) is 32.6 Å². The maximum absolute atomic E-state index is 12.6. The Balaban J connectivity index is 1.42. The highest BCUT2D eigenvalue weighted by molar-refractivity contribution is 5.78. The third-order valence-electron chi connectivity index (χ3n) is 6.37. The minimum absolute atomic E-state index is 0.00137. The highest BCUT2D eigenvalue weighted by atomic mass is 16.5. The lowest BCUT2D eigenvalue weighted by molar-refractivity contribution is -0.135. The van der Waals surface area contributed by atoms with Crippen LogP contribution in [0.3, 0.4) is 0 Å². The zero-order valence-electron chi connectivity index (χ0n) is 18.1. The zero-order chi connectivity index (χ0) is 20.6. The molecule has 3 rings (SSSR count). The lowest BCUT2D eigenvalue weighted by atomic mass is 9.86. The van der Waals surface area contributed by atoms with E-state index in [0.717, 1.165) is 36.6 Å². The van der Waals surface area contributed by atoms with E-state index in [0.29, 0.717) is 26.1 Å². The molecular weight excluding hydrogens is 364 g/mol. The van der Waals surface area contributed by atoms with E-state index in [1.807, 2.05) is 35.8 Å². The number of carbonyl (C=O) groups is 2. The molecule has 1 aromatic rings. The first-order valence-corrected chi connectivity index (χ1v) is 11.3. The van der Waals surface area contributed by atoms with Crippen molar-refractivity contribution in [2.24, 2.45) is 5.92 Å². The van der Waals surface area contributed by atoms with Gasteiger partial charge in [-0.25, -0.2) is 0 Å². The van der Waals surface area contributed by atoms with Crippen LogP contribution < -0.4 is 4.74 Å². The standard InChI is InChI=1S/C24H36N2O3/c1-19-9-11-22(20(2)17-19)29-18-24(28)26-14-6-13-25(15-16-26)23(27)12-10-21-7-4-3-5-8-21/h9,11,17,21H,3-8,10,12-16,18H2,1-2H3. The molecule has 1 saturated heterocycles. The summed E-state index contributed by atoms with van der Waals surface area (Å²) in [5.41, 5.74) is 2.23. The van der Waals surface area contributed by atoms with Gasteiger partial charge in [0.1, 0.15) is 5.75 Å². The summed E-state index contributed by atoms with van der Waals surface area (Å²) >= 11 is 0. The Bertz CT molecular complexity index is 697. The Labute approximate surface area is 175 Å². The first-order chi connectivity index (χ1) is 14.0. The third kappa shape index (κ3) is 6.48. The topological polar surface area (TPSA) is 49.9 Å². The van der Waals surface area contributed by atoms with Gasteiger partial charge in [0.25, 0.3) is 5.91 Å². The van der Waals surface area contributed by atoms with Crippen LogP contribution in [0.2, 0.25) is 0 Å². The van der Waals surface area contributed by atoms with E-state index in [-0.39, 0.29) is 18.4 Å². The summed E-state index contributed by atoms with van der Waals surface area (Å²) in [7, 11) is 0. The quantitative estimate of drug-likeness (QED) is 0.722. The van der Waals surface area contributed by atoms with Crippen molar-refractivity contribution in [2.75, 3.05) is 32.8 Å². The number of benzene rings is 1. The molecule has 1 saturated carbocycles. The Morgan fingerprint density at radius 2 is 1.62 bits per heavy atom. The molecule has 160 valence electrons. The minimum Gasteiger partial charge on any atom is -0.484 e. The average Bonchev–Trinajstić information content (AvgIpc) is 2.98. The molecule has 0 bridgehead atoms. The van der Waals surface area contributed by atoms with E-state index in [1.165, 1.54) is 37.7 Å². The molecule has 5 nitrogen and oxygen atoms in total. The molecule has 5 heteroatoms. The minimum atomic E-state index is 0.00137. The van der Waals surface area contributed by atoms with E-state index in [4.69, 9.17) is 4.74 Å². The van der Waals surface area contributed by atoms with Gasteiger partial charge in [-0.15, -0.1) is 0 Å². The maximum Gasteiger partial charge on any atom is 0.260 e. The lowest BCUT2D eigenvalue weighted by Crippen LogP contribution is -2.39. The van der Waals surface area contributed by atoms with E-state index >= 15 is 0 Å². The zero-order valence-corrected chi connectivity index (χ0v) is 18.1. The Kier molecular flexibility index (Phi) is 7.96. The largest absolute Gasteiger partial charge is 0.484 e. The van der Waals surface area contributed by atoms with Crippen molar-refractivity contribution in [3.05, 3.63) is 29.3 Å². The van der Waals surface area contributed by atoms with Crippen LogP contribution in [0.4, 0.5) is 0 Å². The van der Waals surface area contributed by atoms with Gasteiger partial charge in [0.05, 0.1) is 0 Å². The summed E-state index contributed by atoms with van der Waals surface area (Å²) in [6.07, 6.45) is 9.11. The van der Waals surface area contributed by atoms with Crippen molar-refractivity contribution in [3.63, 3.8) is 0 Å². The molecular formula is C24H36N2O3. The molecule has 1 aromatic carbocycles. The van der Waals surface area contributed by atoms with E-state index < -0.39 is 0 Å². The Hall–Kier alpha value is -2.04. The molecule has 0 aromatic heterocycles. The van der Waals surface area contributed by atoms with E-state index in [2.05, 4.69) is 6.07 Å². The summed E-state index contributed by atoms with van der Waals surface area (Å²) in [5, 5.41) is 0. The number of aryl methyl sites for hydroxylation is 2. The molecule has 29 heavy (non-hydrogen) atoms. The van der Waals surface area contributed by atoms with Gasteiger partial charge in [-0.1, -0.05) is 49.8 Å². The Morgan fingerprint density at radius 1 is 0.931 bits per heavy atom. The second kappa shape index (κ2) is 10.7. The average molecular weight is 401 g/mol. The molecule has 1 heterocycles. The van der Waals surface area contributed by atoms with Gasteiger partial charge in [-0.2, -0.15) is 0 Å². The van der Waals surface area contributed by atoms with Crippen molar-refractivity contribution in [2.45, 2.75) is 65.2 Å². The van der Waals surface area contributed by atoms with Crippen molar-refractivity contribution >= 4 is 11.8 Å². The van der Waals surface area contributed by atoms with Gasteiger partial charge < -0.3 is 14.5 Å². The first-order valence-electron chi connectivity index (χ1n) is 11.3. The number of nitrogens with zero attached hydrogens (tertiary/aromatic N) is 2. The first kappa shape index (κ1) is 21.7. The second-order valence-electron chi connectivity index (χ2n) is 8.72. The molecule has 0 N–H and O–H groups in total. The van der Waals surface area contributed by atoms with Crippen molar-refractivity contribution in [3.8, 4) is 5.75 Å². The molecule has 0 spiro atoms. The van der Waals surface area contributed by atoms with E-state index in [9.17, 15) is 9.59 Å². The number of rotatable bonds is 6. The number of carbonyl (C=O) groups excluding carboxylic acids is 2. The predicted molar refractivity (Wildman–Crippen MR) is 115 cm³/mol. The number of amides is 2. The van der Waals surface area contributed by atoms with Gasteiger partial charge in [-0.3, -0.25) is 9.59 Å². The molecule has 2 amide bonds. The van der Waals surface area contributed by atoms with Crippen LogP contribution in [-0.2, 0) is 9.59 Å². The molecule has 2 aliphatic rings. The SMILES string of the molecule is Cc1ccc(OCC(=O)N2CCCN(C(=O)CCC3CCCCC3)CC2)c(C)c1. The molecule has 2 fully saturated rings. The summed E-state index contributed by atoms with van der Waals surface area (Å²) < 4.78 is 5.76. The van der Waals surface area contributed by atoms with Gasteiger partial charge in [-0.05, 0) is 44.2 Å². The summed E-state index contributed by atoms with van der Waals surface area (Å²) in [6, 6.07) is 5.98. The predicted octanol–water partition coefficient (Wildman–Crippen LogP) is 4.10. The van der Waals surface area contributed by atoms with Crippen LogP contribution in [0.1, 0.15) is 62.5 Å². The van der Waals surface area contributed by atoms with Gasteiger partial charge in [0.15, 0.2) is 6.61 Å². The fourth-order valence-corrected chi connectivity index (χ4v) is 4.57. The highest BCUT2D eigenvalue weighted by Gasteiger charge is 2.23. The molecule has 0 atom stereocenters. The molecule has 0 unspecified atom stereocenters. The summed E-state index contributed by atoms with van der Waals surface area (Å²) in [5.74, 6) is 1.76. The number of ether oxygens (including phenoxy) is 1. The van der Waals surface area contributed by atoms with Crippen LogP contribution in [0.5, 0.6) is 5.75 Å². The second-order valence-corrected chi connectivity index (χ2v) is 8.72. The highest BCUT2D eigenvalue weighted by Crippen LogP contribution is 2.27. The third-order valence-corrected chi connectivity index (χ3v) is 6.37. The van der Waals surface area contributed by atoms with Crippen LogP contribution in [0.15, 0.2) is 18.2 Å². The van der Waals surface area contributed by atoms with Gasteiger partial charge >= 0.3 is 0 Å². The summed E-state index contributed by atoms with van der Waals surface area (Å²) in [4.78, 5) is 29.1. The fourth-order valence-electron chi connectivity index (χ4n) is 4.57. The molecule has 1 aliphatic heterocycles. The maximum atomic E-state index is 12.6. The van der Waals surface area contributed by atoms with Crippen LogP contribution in [-0.4, -0.2) is 54.4 Å². The van der Waals surface area contributed by atoms with Crippen LogP contribution in [0, 0.1) is 19.8 Å². The van der Waals surface area contributed by atoms with Crippen LogP contribution in [0.25, 0.3) is 0 Å². The monoisotopic (exact) mass is 400 g/mol. The van der Waals surface area contributed by atoms with Crippen molar-refractivity contribution in [1.29, 1.82) is 0 Å². The number of hydrogen-bond donors (Lipinski definition) is 0. The van der Waals surface area contributed by atoms with E-state index in [1.54, 1.807) is 0 Å².